The predicted molar refractivity (Wildman–Crippen MR) is 63.9 cm³/mol. The van der Waals surface area contributed by atoms with Crippen molar-refractivity contribution in [2.45, 2.75) is 27.3 Å². The molecule has 0 spiro atoms. The SMILES string of the molecule is CN(Cc1ccc(O)cc1)CC(C)(C)C. The van der Waals surface area contributed by atoms with Crippen LogP contribution in [0.4, 0.5) is 0 Å². The van der Waals surface area contributed by atoms with E-state index in [0.29, 0.717) is 11.2 Å². The first-order valence-electron chi connectivity index (χ1n) is 5.33. The molecule has 1 rings (SSSR count). The maximum Gasteiger partial charge on any atom is 0.115 e. The van der Waals surface area contributed by atoms with Crippen molar-refractivity contribution < 1.29 is 5.11 Å². The summed E-state index contributed by atoms with van der Waals surface area (Å²) >= 11 is 0. The average Bonchev–Trinajstić information content (AvgIpc) is 2.05. The molecule has 84 valence electrons. The zero-order valence-electron chi connectivity index (χ0n) is 10.1. The van der Waals surface area contributed by atoms with Gasteiger partial charge in [0.05, 0.1) is 0 Å². The van der Waals surface area contributed by atoms with E-state index in [1.807, 2.05) is 12.1 Å². The van der Waals surface area contributed by atoms with Gasteiger partial charge in [0.15, 0.2) is 0 Å². The van der Waals surface area contributed by atoms with Gasteiger partial charge in [0, 0.05) is 13.1 Å². The van der Waals surface area contributed by atoms with Crippen LogP contribution in [-0.2, 0) is 6.54 Å². The Morgan fingerprint density at radius 2 is 1.67 bits per heavy atom. The molecule has 2 heteroatoms. The van der Waals surface area contributed by atoms with Crippen LogP contribution in [0, 0.1) is 5.41 Å². The quantitative estimate of drug-likeness (QED) is 0.823. The Morgan fingerprint density at radius 1 is 1.13 bits per heavy atom. The number of hydrogen-bond acceptors (Lipinski definition) is 2. The normalized spacial score (nSPS) is 12.1. The van der Waals surface area contributed by atoms with Crippen molar-refractivity contribution in [3.63, 3.8) is 0 Å². The van der Waals surface area contributed by atoms with Crippen LogP contribution in [0.15, 0.2) is 24.3 Å². The molecule has 0 heterocycles. The third kappa shape index (κ3) is 4.84. The molecule has 0 unspecified atom stereocenters. The van der Waals surface area contributed by atoms with Crippen LogP contribution < -0.4 is 0 Å². The number of phenolic OH excluding ortho intramolecular Hbond substituents is 1. The summed E-state index contributed by atoms with van der Waals surface area (Å²) in [5.41, 5.74) is 1.56. The van der Waals surface area contributed by atoms with Gasteiger partial charge in [-0.15, -0.1) is 0 Å². The molecule has 0 saturated heterocycles. The van der Waals surface area contributed by atoms with Crippen LogP contribution in [-0.4, -0.2) is 23.6 Å². The Hall–Kier alpha value is -1.02. The molecule has 0 fully saturated rings. The third-order valence-corrected chi connectivity index (χ3v) is 2.13. The monoisotopic (exact) mass is 207 g/mol. The van der Waals surface area contributed by atoms with Crippen molar-refractivity contribution in [1.82, 2.24) is 4.90 Å². The molecule has 1 N–H and O–H groups in total. The number of phenols is 1. The highest BCUT2D eigenvalue weighted by atomic mass is 16.3. The van der Waals surface area contributed by atoms with Crippen LogP contribution in [0.25, 0.3) is 0 Å². The summed E-state index contributed by atoms with van der Waals surface area (Å²) in [6, 6.07) is 7.41. The molecule has 0 aliphatic carbocycles. The van der Waals surface area contributed by atoms with Gasteiger partial charge in [0.25, 0.3) is 0 Å². The fourth-order valence-corrected chi connectivity index (χ4v) is 1.78. The van der Waals surface area contributed by atoms with Gasteiger partial charge in [0.1, 0.15) is 5.75 Å². The minimum Gasteiger partial charge on any atom is -0.508 e. The lowest BCUT2D eigenvalue weighted by molar-refractivity contribution is 0.221. The maximum atomic E-state index is 9.16. The van der Waals surface area contributed by atoms with Crippen molar-refractivity contribution in [3.8, 4) is 5.75 Å². The van der Waals surface area contributed by atoms with Crippen molar-refractivity contribution in [1.29, 1.82) is 0 Å². The number of aromatic hydroxyl groups is 1. The first-order chi connectivity index (χ1) is 6.87. The van der Waals surface area contributed by atoms with E-state index in [0.717, 1.165) is 13.1 Å². The Kier molecular flexibility index (Phi) is 3.75. The van der Waals surface area contributed by atoms with Crippen LogP contribution in [0.3, 0.4) is 0 Å². The Labute approximate surface area is 92.5 Å². The molecular weight excluding hydrogens is 186 g/mol. The second-order valence-electron chi connectivity index (χ2n) is 5.40. The first-order valence-corrected chi connectivity index (χ1v) is 5.33. The number of benzene rings is 1. The third-order valence-electron chi connectivity index (χ3n) is 2.13. The highest BCUT2D eigenvalue weighted by molar-refractivity contribution is 5.25. The van der Waals surface area contributed by atoms with Gasteiger partial charge in [0.2, 0.25) is 0 Å². The van der Waals surface area contributed by atoms with Crippen molar-refractivity contribution >= 4 is 0 Å². The zero-order valence-corrected chi connectivity index (χ0v) is 10.1. The van der Waals surface area contributed by atoms with Gasteiger partial charge in [-0.3, -0.25) is 0 Å². The molecule has 0 amide bonds. The fourth-order valence-electron chi connectivity index (χ4n) is 1.78. The van der Waals surface area contributed by atoms with E-state index in [1.165, 1.54) is 5.56 Å². The summed E-state index contributed by atoms with van der Waals surface area (Å²) < 4.78 is 0. The summed E-state index contributed by atoms with van der Waals surface area (Å²) in [6.07, 6.45) is 0. The van der Waals surface area contributed by atoms with Crippen molar-refractivity contribution in [2.75, 3.05) is 13.6 Å². The number of rotatable bonds is 3. The second-order valence-corrected chi connectivity index (χ2v) is 5.40. The van der Waals surface area contributed by atoms with E-state index < -0.39 is 0 Å². The fraction of sp³-hybridized carbons (Fsp3) is 0.538. The molecule has 0 saturated carbocycles. The van der Waals surface area contributed by atoms with E-state index in [1.54, 1.807) is 12.1 Å². The molecule has 0 radical (unpaired) electrons. The number of hydrogen-bond donors (Lipinski definition) is 1. The van der Waals surface area contributed by atoms with E-state index in [2.05, 4.69) is 32.7 Å². The highest BCUT2D eigenvalue weighted by Gasteiger charge is 2.13. The lowest BCUT2D eigenvalue weighted by Gasteiger charge is -2.26. The van der Waals surface area contributed by atoms with E-state index in [9.17, 15) is 0 Å². The average molecular weight is 207 g/mol. The Morgan fingerprint density at radius 3 is 2.13 bits per heavy atom. The van der Waals surface area contributed by atoms with Gasteiger partial charge in [-0.25, -0.2) is 0 Å². The van der Waals surface area contributed by atoms with Crippen LogP contribution in [0.2, 0.25) is 0 Å². The molecule has 0 aliphatic rings. The lowest BCUT2D eigenvalue weighted by Crippen LogP contribution is -2.28. The van der Waals surface area contributed by atoms with Crippen LogP contribution in [0.1, 0.15) is 26.3 Å². The molecule has 0 atom stereocenters. The van der Waals surface area contributed by atoms with Gasteiger partial charge in [-0.05, 0) is 30.2 Å². The smallest absolute Gasteiger partial charge is 0.115 e. The molecular formula is C13H21NO. The highest BCUT2D eigenvalue weighted by Crippen LogP contribution is 2.16. The lowest BCUT2D eigenvalue weighted by atomic mass is 9.96. The summed E-state index contributed by atoms with van der Waals surface area (Å²) in [4.78, 5) is 2.30. The van der Waals surface area contributed by atoms with Gasteiger partial charge >= 0.3 is 0 Å². The minimum atomic E-state index is 0.325. The standard InChI is InChI=1S/C13H21NO/c1-13(2,3)10-14(4)9-11-5-7-12(15)8-6-11/h5-8,15H,9-10H2,1-4H3. The van der Waals surface area contributed by atoms with Gasteiger partial charge in [-0.2, -0.15) is 0 Å². The summed E-state index contributed by atoms with van der Waals surface area (Å²) in [7, 11) is 2.12. The van der Waals surface area contributed by atoms with Gasteiger partial charge in [-0.1, -0.05) is 32.9 Å². The largest absolute Gasteiger partial charge is 0.508 e. The van der Waals surface area contributed by atoms with Crippen molar-refractivity contribution in [3.05, 3.63) is 29.8 Å². The summed E-state index contributed by atoms with van der Waals surface area (Å²) in [5, 5.41) is 9.16. The van der Waals surface area contributed by atoms with Crippen LogP contribution >= 0.6 is 0 Å². The summed E-state index contributed by atoms with van der Waals surface area (Å²) in [6.45, 7) is 8.70. The molecule has 0 bridgehead atoms. The maximum absolute atomic E-state index is 9.16. The molecule has 0 aliphatic heterocycles. The van der Waals surface area contributed by atoms with Crippen molar-refractivity contribution in [2.24, 2.45) is 5.41 Å². The van der Waals surface area contributed by atoms with E-state index in [-0.39, 0.29) is 0 Å². The molecule has 15 heavy (non-hydrogen) atoms. The van der Waals surface area contributed by atoms with E-state index >= 15 is 0 Å². The number of nitrogens with zero attached hydrogens (tertiary/aromatic N) is 1. The van der Waals surface area contributed by atoms with E-state index in [4.69, 9.17) is 5.11 Å². The second kappa shape index (κ2) is 4.67. The first kappa shape index (κ1) is 12.1. The Balaban J connectivity index is 2.51. The predicted octanol–water partition coefficient (Wildman–Crippen LogP) is 2.87. The molecule has 1 aromatic rings. The minimum absolute atomic E-state index is 0.325. The molecule has 1 aromatic carbocycles. The topological polar surface area (TPSA) is 23.5 Å². The molecule has 2 nitrogen and oxygen atoms in total. The van der Waals surface area contributed by atoms with Crippen LogP contribution in [0.5, 0.6) is 5.75 Å². The van der Waals surface area contributed by atoms with Gasteiger partial charge < -0.3 is 10.0 Å². The summed E-state index contributed by atoms with van der Waals surface area (Å²) in [5.74, 6) is 0.331. The Bertz CT molecular complexity index is 297. The zero-order chi connectivity index (χ0) is 11.5. The molecule has 0 aromatic heterocycles.